The van der Waals surface area contributed by atoms with Crippen molar-refractivity contribution in [2.24, 2.45) is 0 Å². The van der Waals surface area contributed by atoms with Gasteiger partial charge in [-0.2, -0.15) is 0 Å². The molecule has 3 rings (SSSR count). The Labute approximate surface area is 162 Å². The first kappa shape index (κ1) is 18.3. The van der Waals surface area contributed by atoms with Crippen LogP contribution in [0, 0.1) is 12.3 Å². The summed E-state index contributed by atoms with van der Waals surface area (Å²) in [6, 6.07) is 15.5. The Morgan fingerprint density at radius 3 is 2.81 bits per heavy atom. The Hall–Kier alpha value is -2.51. The Morgan fingerprint density at radius 1 is 1.27 bits per heavy atom. The summed E-state index contributed by atoms with van der Waals surface area (Å²) < 4.78 is 6.52. The van der Waals surface area contributed by atoms with E-state index in [1.54, 1.807) is 0 Å². The minimum absolute atomic E-state index is 0.0961. The van der Waals surface area contributed by atoms with Crippen molar-refractivity contribution in [3.05, 3.63) is 70.3 Å². The van der Waals surface area contributed by atoms with Gasteiger partial charge in [-0.3, -0.25) is 4.79 Å². The highest BCUT2D eigenvalue weighted by Gasteiger charge is 2.32. The summed E-state index contributed by atoms with van der Waals surface area (Å²) in [4.78, 5) is 15.3. The standard InChI is InChI=1S/C22H20BrNO2/c1-3-12-24-14-19(16-8-7-9-17(13-16)26-4-2)22(25)20(15-24)18-10-5-6-11-21(18)23/h1,5-11,13-14,20H,4,12,15H2,2H3. The molecule has 1 heterocycles. The van der Waals surface area contributed by atoms with Gasteiger partial charge < -0.3 is 9.64 Å². The molecule has 0 aliphatic carbocycles. The SMILES string of the molecule is C#CCN1C=C(c2cccc(OCC)c2)C(=O)C(c2ccccc2Br)C1. The smallest absolute Gasteiger partial charge is 0.174 e. The number of hydrogen-bond acceptors (Lipinski definition) is 3. The van der Waals surface area contributed by atoms with Gasteiger partial charge in [0.1, 0.15) is 5.75 Å². The van der Waals surface area contributed by atoms with Crippen LogP contribution in [-0.2, 0) is 4.79 Å². The molecule has 0 radical (unpaired) electrons. The van der Waals surface area contributed by atoms with E-state index in [0.717, 1.165) is 21.3 Å². The van der Waals surface area contributed by atoms with Gasteiger partial charge in [0.2, 0.25) is 0 Å². The summed E-state index contributed by atoms with van der Waals surface area (Å²) in [5.74, 6) is 3.26. The van der Waals surface area contributed by atoms with E-state index in [4.69, 9.17) is 11.2 Å². The Bertz CT molecular complexity index is 882. The molecule has 0 aromatic heterocycles. The molecule has 0 saturated carbocycles. The largest absolute Gasteiger partial charge is 0.494 e. The number of Topliss-reactive ketones (excluding diaryl/α,β-unsaturated/α-hetero) is 1. The molecule has 4 heteroatoms. The van der Waals surface area contributed by atoms with E-state index in [0.29, 0.717) is 25.3 Å². The predicted molar refractivity (Wildman–Crippen MR) is 108 cm³/mol. The summed E-state index contributed by atoms with van der Waals surface area (Å²) >= 11 is 3.58. The third-order valence-corrected chi connectivity index (χ3v) is 5.06. The number of carbonyl (C=O) groups is 1. The number of allylic oxidation sites excluding steroid dienone is 1. The second kappa shape index (κ2) is 8.25. The predicted octanol–water partition coefficient (Wildman–Crippen LogP) is 4.49. The van der Waals surface area contributed by atoms with Crippen LogP contribution in [0.3, 0.4) is 0 Å². The Kier molecular flexibility index (Phi) is 5.80. The fourth-order valence-corrected chi connectivity index (χ4v) is 3.73. The van der Waals surface area contributed by atoms with Crippen molar-refractivity contribution in [3.8, 4) is 18.1 Å². The third-order valence-electron chi connectivity index (χ3n) is 4.34. The van der Waals surface area contributed by atoms with E-state index < -0.39 is 0 Å². The normalized spacial score (nSPS) is 16.8. The van der Waals surface area contributed by atoms with Crippen molar-refractivity contribution in [2.45, 2.75) is 12.8 Å². The van der Waals surface area contributed by atoms with Crippen molar-refractivity contribution in [2.75, 3.05) is 19.7 Å². The highest BCUT2D eigenvalue weighted by molar-refractivity contribution is 9.10. The van der Waals surface area contributed by atoms with Gasteiger partial charge in [0, 0.05) is 22.8 Å². The van der Waals surface area contributed by atoms with Crippen molar-refractivity contribution in [1.29, 1.82) is 0 Å². The van der Waals surface area contributed by atoms with Crippen LogP contribution >= 0.6 is 15.9 Å². The zero-order valence-corrected chi connectivity index (χ0v) is 16.2. The number of rotatable bonds is 5. The van der Waals surface area contributed by atoms with Crippen molar-refractivity contribution < 1.29 is 9.53 Å². The number of hydrogen-bond donors (Lipinski definition) is 0. The summed E-state index contributed by atoms with van der Waals surface area (Å²) in [6.45, 7) is 3.55. The molecule has 132 valence electrons. The molecule has 1 aliphatic rings. The number of carbonyl (C=O) groups excluding carboxylic acids is 1. The number of benzene rings is 2. The summed E-state index contributed by atoms with van der Waals surface area (Å²) in [7, 11) is 0. The van der Waals surface area contributed by atoms with Gasteiger partial charge in [0.25, 0.3) is 0 Å². The van der Waals surface area contributed by atoms with E-state index in [1.165, 1.54) is 0 Å². The van der Waals surface area contributed by atoms with Crippen LogP contribution in [0.1, 0.15) is 24.0 Å². The fourth-order valence-electron chi connectivity index (χ4n) is 3.17. The monoisotopic (exact) mass is 409 g/mol. The second-order valence-corrected chi connectivity index (χ2v) is 6.93. The average Bonchev–Trinajstić information content (AvgIpc) is 2.64. The van der Waals surface area contributed by atoms with Crippen LogP contribution in [0.5, 0.6) is 5.75 Å². The van der Waals surface area contributed by atoms with Crippen LogP contribution in [0.2, 0.25) is 0 Å². The topological polar surface area (TPSA) is 29.5 Å². The highest BCUT2D eigenvalue weighted by atomic mass is 79.9. The molecule has 26 heavy (non-hydrogen) atoms. The maximum atomic E-state index is 13.3. The number of terminal acetylenes is 1. The first-order valence-electron chi connectivity index (χ1n) is 8.55. The van der Waals surface area contributed by atoms with Crippen molar-refractivity contribution in [1.82, 2.24) is 4.90 Å². The second-order valence-electron chi connectivity index (χ2n) is 6.08. The molecule has 0 bridgehead atoms. The van der Waals surface area contributed by atoms with E-state index in [-0.39, 0.29) is 11.7 Å². The first-order valence-corrected chi connectivity index (χ1v) is 9.34. The van der Waals surface area contributed by atoms with Gasteiger partial charge in [0.15, 0.2) is 5.78 Å². The number of ether oxygens (including phenoxy) is 1. The molecule has 0 N–H and O–H groups in total. The molecule has 0 saturated heterocycles. The maximum Gasteiger partial charge on any atom is 0.174 e. The molecule has 1 unspecified atom stereocenters. The zero-order chi connectivity index (χ0) is 18.5. The summed E-state index contributed by atoms with van der Waals surface area (Å²) in [5.41, 5.74) is 2.49. The highest BCUT2D eigenvalue weighted by Crippen LogP contribution is 2.35. The third kappa shape index (κ3) is 3.84. The van der Waals surface area contributed by atoms with E-state index in [9.17, 15) is 4.79 Å². The van der Waals surface area contributed by atoms with Crippen LogP contribution in [0.15, 0.2) is 59.2 Å². The molecular weight excluding hydrogens is 390 g/mol. The molecular formula is C22H20BrNO2. The fraction of sp³-hybridized carbons (Fsp3) is 0.227. The molecule has 1 aliphatic heterocycles. The van der Waals surface area contributed by atoms with Crippen LogP contribution in [0.25, 0.3) is 5.57 Å². The average molecular weight is 410 g/mol. The van der Waals surface area contributed by atoms with Crippen molar-refractivity contribution in [3.63, 3.8) is 0 Å². The lowest BCUT2D eigenvalue weighted by Crippen LogP contribution is -2.34. The van der Waals surface area contributed by atoms with Gasteiger partial charge in [-0.15, -0.1) is 6.42 Å². The minimum Gasteiger partial charge on any atom is -0.494 e. The minimum atomic E-state index is -0.269. The molecule has 0 amide bonds. The quantitative estimate of drug-likeness (QED) is 0.681. The van der Waals surface area contributed by atoms with Gasteiger partial charge >= 0.3 is 0 Å². The van der Waals surface area contributed by atoms with Gasteiger partial charge in [0.05, 0.1) is 19.1 Å². The van der Waals surface area contributed by atoms with Gasteiger partial charge in [-0.05, 0) is 36.2 Å². The van der Waals surface area contributed by atoms with Crippen molar-refractivity contribution >= 4 is 27.3 Å². The summed E-state index contributed by atoms with van der Waals surface area (Å²) in [5, 5.41) is 0. The molecule has 2 aromatic carbocycles. The number of halogens is 1. The maximum absolute atomic E-state index is 13.3. The van der Waals surface area contributed by atoms with E-state index in [1.807, 2.05) is 66.6 Å². The van der Waals surface area contributed by atoms with Crippen LogP contribution in [0.4, 0.5) is 0 Å². The Balaban J connectivity index is 2.03. The molecule has 1 atom stereocenters. The van der Waals surface area contributed by atoms with Crippen LogP contribution in [-0.4, -0.2) is 30.4 Å². The summed E-state index contributed by atoms with van der Waals surface area (Å²) in [6.07, 6.45) is 7.40. The van der Waals surface area contributed by atoms with Crippen LogP contribution < -0.4 is 4.74 Å². The van der Waals surface area contributed by atoms with Gasteiger partial charge in [-0.1, -0.05) is 52.2 Å². The lowest BCUT2D eigenvalue weighted by Gasteiger charge is -2.31. The molecule has 0 fully saturated rings. The lowest BCUT2D eigenvalue weighted by molar-refractivity contribution is -0.115. The lowest BCUT2D eigenvalue weighted by atomic mass is 9.85. The number of ketones is 1. The molecule has 2 aromatic rings. The molecule has 3 nitrogen and oxygen atoms in total. The van der Waals surface area contributed by atoms with E-state index >= 15 is 0 Å². The molecule has 0 spiro atoms. The number of nitrogens with zero attached hydrogens (tertiary/aromatic N) is 1. The Morgan fingerprint density at radius 2 is 2.08 bits per heavy atom. The first-order chi connectivity index (χ1) is 12.6. The zero-order valence-electron chi connectivity index (χ0n) is 14.6. The van der Waals surface area contributed by atoms with E-state index in [2.05, 4.69) is 21.9 Å². The van der Waals surface area contributed by atoms with Gasteiger partial charge in [-0.25, -0.2) is 0 Å².